The molecule has 0 aliphatic carbocycles. The molecule has 0 radical (unpaired) electrons. The molecule has 1 aromatic carbocycles. The molecule has 0 saturated carbocycles. The van der Waals surface area contributed by atoms with E-state index in [1.54, 1.807) is 6.92 Å². The quantitative estimate of drug-likeness (QED) is 0.534. The number of nitrogens with zero attached hydrogens (tertiary/aromatic N) is 1. The van der Waals surface area contributed by atoms with Gasteiger partial charge in [-0.25, -0.2) is 13.8 Å². The van der Waals surface area contributed by atoms with Gasteiger partial charge in [0.25, 0.3) is 5.56 Å². The number of carbonyl (C=O) groups excluding carboxylic acids is 1. The fraction of sp³-hybridized carbons (Fsp3) is 0.154. The van der Waals surface area contributed by atoms with Gasteiger partial charge in [-0.2, -0.15) is 0 Å². The number of halogens is 2. The summed E-state index contributed by atoms with van der Waals surface area (Å²) in [6, 6.07) is 4.24. The lowest BCUT2D eigenvalue weighted by Crippen LogP contribution is -2.16. The first kappa shape index (κ1) is 14.4. The Bertz CT molecular complexity index is 703. The van der Waals surface area contributed by atoms with Gasteiger partial charge in [0.05, 0.1) is 5.25 Å². The molecule has 7 heteroatoms. The molecule has 1 aromatic heterocycles. The highest BCUT2D eigenvalue weighted by atomic mass is 32.2. The molecule has 0 aliphatic heterocycles. The number of aromatic amines is 1. The smallest absolute Gasteiger partial charge is 0.251 e. The van der Waals surface area contributed by atoms with Crippen LogP contribution in [0.3, 0.4) is 0 Å². The Hall–Kier alpha value is -2.02. The van der Waals surface area contributed by atoms with E-state index < -0.39 is 16.9 Å². The van der Waals surface area contributed by atoms with Crippen molar-refractivity contribution in [1.29, 1.82) is 0 Å². The van der Waals surface area contributed by atoms with Crippen LogP contribution in [0.25, 0.3) is 0 Å². The van der Waals surface area contributed by atoms with Gasteiger partial charge < -0.3 is 4.98 Å². The lowest BCUT2D eigenvalue weighted by molar-refractivity contribution is 0.0993. The molecule has 0 fully saturated rings. The van der Waals surface area contributed by atoms with Crippen LogP contribution in [-0.2, 0) is 0 Å². The Labute approximate surface area is 117 Å². The van der Waals surface area contributed by atoms with Crippen LogP contribution in [0.15, 0.2) is 40.4 Å². The maximum Gasteiger partial charge on any atom is 0.251 e. The molecule has 0 spiro atoms. The van der Waals surface area contributed by atoms with Crippen LogP contribution >= 0.6 is 11.8 Å². The van der Waals surface area contributed by atoms with E-state index >= 15 is 0 Å². The monoisotopic (exact) mass is 296 g/mol. The number of ketones is 1. The third-order valence-electron chi connectivity index (χ3n) is 2.51. The maximum atomic E-state index is 13.1. The zero-order valence-electron chi connectivity index (χ0n) is 10.4. The second kappa shape index (κ2) is 5.96. The zero-order valence-corrected chi connectivity index (χ0v) is 11.2. The van der Waals surface area contributed by atoms with E-state index in [2.05, 4.69) is 9.97 Å². The molecular formula is C13H10F2N2O2S. The summed E-state index contributed by atoms with van der Waals surface area (Å²) >= 11 is 1.04. The van der Waals surface area contributed by atoms with Crippen LogP contribution in [0, 0.1) is 11.6 Å². The topological polar surface area (TPSA) is 62.8 Å². The van der Waals surface area contributed by atoms with Crippen molar-refractivity contribution in [2.24, 2.45) is 0 Å². The van der Waals surface area contributed by atoms with Gasteiger partial charge in [0.1, 0.15) is 0 Å². The molecule has 0 saturated heterocycles. The molecule has 1 N–H and O–H groups in total. The van der Waals surface area contributed by atoms with Gasteiger partial charge in [0, 0.05) is 17.8 Å². The van der Waals surface area contributed by atoms with Crippen molar-refractivity contribution in [3.05, 3.63) is 58.0 Å². The van der Waals surface area contributed by atoms with Crippen molar-refractivity contribution >= 4 is 17.5 Å². The first-order valence-electron chi connectivity index (χ1n) is 5.68. The molecule has 1 atom stereocenters. The summed E-state index contributed by atoms with van der Waals surface area (Å²) in [6.45, 7) is 1.60. The summed E-state index contributed by atoms with van der Waals surface area (Å²) in [4.78, 5) is 29.6. The predicted molar refractivity (Wildman–Crippen MR) is 70.9 cm³/mol. The van der Waals surface area contributed by atoms with Gasteiger partial charge >= 0.3 is 0 Å². The Morgan fingerprint density at radius 3 is 2.70 bits per heavy atom. The molecule has 0 aliphatic rings. The normalized spacial score (nSPS) is 12.2. The number of H-pyrrole nitrogens is 1. The number of hydrogen-bond donors (Lipinski definition) is 1. The second-order valence-corrected chi connectivity index (χ2v) is 5.32. The highest BCUT2D eigenvalue weighted by Crippen LogP contribution is 2.22. The maximum absolute atomic E-state index is 13.1. The average molecular weight is 296 g/mol. The van der Waals surface area contributed by atoms with E-state index in [-0.39, 0.29) is 16.9 Å². The fourth-order valence-electron chi connectivity index (χ4n) is 1.52. The van der Waals surface area contributed by atoms with E-state index in [0.717, 1.165) is 23.9 Å². The number of Topliss-reactive ketones (excluding diaryl/α,β-unsaturated/α-hetero) is 1. The fourth-order valence-corrected chi connectivity index (χ4v) is 2.38. The van der Waals surface area contributed by atoms with E-state index in [4.69, 9.17) is 0 Å². The highest BCUT2D eigenvalue weighted by molar-refractivity contribution is 8.00. The van der Waals surface area contributed by atoms with E-state index in [0.29, 0.717) is 5.16 Å². The van der Waals surface area contributed by atoms with Crippen LogP contribution in [0.5, 0.6) is 0 Å². The lowest BCUT2D eigenvalue weighted by atomic mass is 10.1. The van der Waals surface area contributed by atoms with Gasteiger partial charge in [-0.15, -0.1) is 0 Å². The van der Waals surface area contributed by atoms with E-state index in [9.17, 15) is 18.4 Å². The molecule has 2 rings (SSSR count). The Balaban J connectivity index is 2.16. The van der Waals surface area contributed by atoms with Crippen molar-refractivity contribution in [2.75, 3.05) is 0 Å². The Morgan fingerprint density at radius 1 is 1.30 bits per heavy atom. The van der Waals surface area contributed by atoms with Crippen LogP contribution in [0.2, 0.25) is 0 Å². The minimum Gasteiger partial charge on any atom is -0.301 e. The number of carbonyl (C=O) groups is 1. The number of thioether (sulfide) groups is 1. The van der Waals surface area contributed by atoms with Crippen LogP contribution in [0.1, 0.15) is 17.3 Å². The molecular weight excluding hydrogens is 286 g/mol. The summed E-state index contributed by atoms with van der Waals surface area (Å²) in [5, 5.41) is -0.300. The molecule has 1 unspecified atom stereocenters. The summed E-state index contributed by atoms with van der Waals surface area (Å²) in [7, 11) is 0. The number of aromatic nitrogens is 2. The third-order valence-corrected chi connectivity index (χ3v) is 3.51. The summed E-state index contributed by atoms with van der Waals surface area (Å²) < 4.78 is 25.9. The highest BCUT2D eigenvalue weighted by Gasteiger charge is 2.19. The number of benzene rings is 1. The molecule has 0 bridgehead atoms. The first-order valence-corrected chi connectivity index (χ1v) is 6.56. The van der Waals surface area contributed by atoms with Crippen LogP contribution in [0.4, 0.5) is 8.78 Å². The van der Waals surface area contributed by atoms with Gasteiger partial charge in [0.15, 0.2) is 22.6 Å². The molecule has 0 amide bonds. The van der Waals surface area contributed by atoms with Crippen LogP contribution < -0.4 is 5.56 Å². The van der Waals surface area contributed by atoms with Crippen LogP contribution in [-0.4, -0.2) is 21.0 Å². The first-order chi connectivity index (χ1) is 9.47. The third kappa shape index (κ3) is 3.30. The van der Waals surface area contributed by atoms with Gasteiger partial charge in [0.2, 0.25) is 0 Å². The SMILES string of the molecule is CC(Sc1nccc(=O)[nH]1)C(=O)c1ccc(F)c(F)c1. The predicted octanol–water partition coefficient (Wildman–Crippen LogP) is 2.41. The van der Waals surface area contributed by atoms with E-state index in [1.165, 1.54) is 18.3 Å². The molecule has 1 heterocycles. The number of hydrogen-bond acceptors (Lipinski definition) is 4. The minimum absolute atomic E-state index is 0.0715. The largest absolute Gasteiger partial charge is 0.301 e. The number of nitrogens with one attached hydrogen (secondary N) is 1. The second-order valence-electron chi connectivity index (χ2n) is 3.99. The summed E-state index contributed by atoms with van der Waals surface area (Å²) in [5.74, 6) is -2.45. The Kier molecular flexibility index (Phi) is 4.29. The standard InChI is InChI=1S/C13H10F2N2O2S/c1-7(20-13-16-5-4-11(18)17-13)12(19)8-2-3-9(14)10(15)6-8/h2-7H,1H3,(H,16,17,18). The molecule has 2 aromatic rings. The van der Waals surface area contributed by atoms with Crippen molar-refractivity contribution in [3.63, 3.8) is 0 Å². The zero-order chi connectivity index (χ0) is 14.7. The number of rotatable bonds is 4. The summed E-state index contributed by atoms with van der Waals surface area (Å²) in [5.41, 5.74) is -0.253. The Morgan fingerprint density at radius 2 is 2.05 bits per heavy atom. The molecule has 4 nitrogen and oxygen atoms in total. The van der Waals surface area contributed by atoms with Crippen molar-refractivity contribution < 1.29 is 13.6 Å². The van der Waals surface area contributed by atoms with E-state index in [1.807, 2.05) is 0 Å². The summed E-state index contributed by atoms with van der Waals surface area (Å²) in [6.07, 6.45) is 1.33. The lowest BCUT2D eigenvalue weighted by Gasteiger charge is -2.09. The van der Waals surface area contributed by atoms with Crippen molar-refractivity contribution in [1.82, 2.24) is 9.97 Å². The van der Waals surface area contributed by atoms with Gasteiger partial charge in [-0.05, 0) is 25.1 Å². The van der Waals surface area contributed by atoms with Crippen molar-refractivity contribution in [3.8, 4) is 0 Å². The molecule has 20 heavy (non-hydrogen) atoms. The molecule has 104 valence electrons. The average Bonchev–Trinajstić information content (AvgIpc) is 2.41. The van der Waals surface area contributed by atoms with Gasteiger partial charge in [-0.1, -0.05) is 11.8 Å². The van der Waals surface area contributed by atoms with Crippen molar-refractivity contribution in [2.45, 2.75) is 17.3 Å². The van der Waals surface area contributed by atoms with Gasteiger partial charge in [-0.3, -0.25) is 9.59 Å². The minimum atomic E-state index is -1.07.